The van der Waals surface area contributed by atoms with Crippen LogP contribution < -0.4 is 0 Å². The third kappa shape index (κ3) is 9.15. The van der Waals surface area contributed by atoms with Crippen molar-refractivity contribution in [1.82, 2.24) is 0 Å². The summed E-state index contributed by atoms with van der Waals surface area (Å²) in [5, 5.41) is 0. The normalized spacial score (nSPS) is 14.3. The third-order valence-corrected chi connectivity index (χ3v) is 3.65. The summed E-state index contributed by atoms with van der Waals surface area (Å²) < 4.78 is 10.8. The Morgan fingerprint density at radius 3 is 1.19 bits per heavy atom. The van der Waals surface area contributed by atoms with Gasteiger partial charge in [0.2, 0.25) is 0 Å². The summed E-state index contributed by atoms with van der Waals surface area (Å²) in [7, 11) is 0. The van der Waals surface area contributed by atoms with Crippen LogP contribution in [0.25, 0.3) is 0 Å². The van der Waals surface area contributed by atoms with Crippen LogP contribution in [0.3, 0.4) is 0 Å². The van der Waals surface area contributed by atoms with E-state index in [-0.39, 0.29) is 24.0 Å². The number of carbonyl (C=O) groups is 2. The first-order valence-electron chi connectivity index (χ1n) is 8.63. The van der Waals surface area contributed by atoms with Crippen LogP contribution in [0.4, 0.5) is 0 Å². The standard InChI is InChI=1S/C20H34O6/c1-13(2)17(21)25-15(19(5,6)7)11-23-24-12-16(20(8,9)10)26-18(22)14(3)4/h15-16H,1,3,11-12H2,2,4-10H3. The highest BCUT2D eigenvalue weighted by Crippen LogP contribution is 2.25. The monoisotopic (exact) mass is 370 g/mol. The summed E-state index contributed by atoms with van der Waals surface area (Å²) in [6, 6.07) is 0. The summed E-state index contributed by atoms with van der Waals surface area (Å²) in [6.07, 6.45) is -1.03. The lowest BCUT2D eigenvalue weighted by atomic mass is 9.89. The topological polar surface area (TPSA) is 71.1 Å². The molecule has 0 N–H and O–H groups in total. The highest BCUT2D eigenvalue weighted by atomic mass is 17.2. The van der Waals surface area contributed by atoms with Crippen molar-refractivity contribution in [2.45, 2.75) is 67.6 Å². The van der Waals surface area contributed by atoms with E-state index < -0.39 is 24.1 Å². The smallest absolute Gasteiger partial charge is 0.333 e. The van der Waals surface area contributed by atoms with Gasteiger partial charge in [-0.1, -0.05) is 54.7 Å². The molecule has 0 spiro atoms. The van der Waals surface area contributed by atoms with Crippen LogP contribution in [0.15, 0.2) is 24.3 Å². The number of hydrogen-bond acceptors (Lipinski definition) is 6. The van der Waals surface area contributed by atoms with Gasteiger partial charge in [0.15, 0.2) is 0 Å². The van der Waals surface area contributed by atoms with Gasteiger partial charge in [-0.25, -0.2) is 19.4 Å². The maximum atomic E-state index is 11.8. The molecule has 0 saturated heterocycles. The highest BCUT2D eigenvalue weighted by Gasteiger charge is 2.31. The van der Waals surface area contributed by atoms with Gasteiger partial charge in [0.05, 0.1) is 0 Å². The van der Waals surface area contributed by atoms with Crippen molar-refractivity contribution in [2.75, 3.05) is 13.2 Å². The van der Waals surface area contributed by atoms with Crippen molar-refractivity contribution in [3.63, 3.8) is 0 Å². The number of carbonyl (C=O) groups excluding carboxylic acids is 2. The second-order valence-electron chi connectivity index (χ2n) is 8.65. The zero-order valence-electron chi connectivity index (χ0n) is 17.4. The first-order chi connectivity index (χ1) is 11.7. The van der Waals surface area contributed by atoms with E-state index in [1.165, 1.54) is 0 Å². The van der Waals surface area contributed by atoms with Gasteiger partial charge in [0.1, 0.15) is 25.4 Å². The van der Waals surface area contributed by atoms with Gasteiger partial charge in [0, 0.05) is 22.0 Å². The molecule has 6 nitrogen and oxygen atoms in total. The van der Waals surface area contributed by atoms with Crippen LogP contribution in [0.1, 0.15) is 55.4 Å². The van der Waals surface area contributed by atoms with Crippen molar-refractivity contribution < 1.29 is 28.8 Å². The number of hydrogen-bond donors (Lipinski definition) is 0. The molecule has 0 aliphatic carbocycles. The van der Waals surface area contributed by atoms with E-state index in [9.17, 15) is 9.59 Å². The molecular formula is C20H34O6. The molecule has 0 aromatic carbocycles. The Balaban J connectivity index is 4.72. The maximum Gasteiger partial charge on any atom is 0.333 e. The molecule has 0 rings (SSSR count). The highest BCUT2D eigenvalue weighted by molar-refractivity contribution is 5.87. The molecule has 0 amide bonds. The molecule has 0 saturated carbocycles. The van der Waals surface area contributed by atoms with E-state index in [1.54, 1.807) is 13.8 Å². The fourth-order valence-electron chi connectivity index (χ4n) is 1.60. The molecule has 0 bridgehead atoms. The SMILES string of the molecule is C=C(C)C(=O)OC(COOCC(OC(=O)C(=C)C)C(C)(C)C)C(C)(C)C. The van der Waals surface area contributed by atoms with Crippen LogP contribution >= 0.6 is 0 Å². The first-order valence-corrected chi connectivity index (χ1v) is 8.63. The maximum absolute atomic E-state index is 11.8. The van der Waals surface area contributed by atoms with Gasteiger partial charge < -0.3 is 9.47 Å². The van der Waals surface area contributed by atoms with Crippen molar-refractivity contribution in [1.29, 1.82) is 0 Å². The van der Waals surface area contributed by atoms with Crippen LogP contribution in [-0.2, 0) is 28.8 Å². The van der Waals surface area contributed by atoms with Crippen molar-refractivity contribution in [2.24, 2.45) is 10.8 Å². The average molecular weight is 370 g/mol. The van der Waals surface area contributed by atoms with E-state index in [0.29, 0.717) is 11.1 Å². The molecule has 0 aromatic heterocycles. The lowest BCUT2D eigenvalue weighted by Gasteiger charge is -2.31. The fourth-order valence-corrected chi connectivity index (χ4v) is 1.60. The first kappa shape index (κ1) is 24.3. The Labute approximate surface area is 157 Å². The number of ether oxygens (including phenoxy) is 2. The summed E-state index contributed by atoms with van der Waals surface area (Å²) in [4.78, 5) is 34.0. The number of esters is 2. The van der Waals surface area contributed by atoms with Gasteiger partial charge in [-0.05, 0) is 13.8 Å². The summed E-state index contributed by atoms with van der Waals surface area (Å²) in [5.41, 5.74) is -0.0476. The van der Waals surface area contributed by atoms with Crippen molar-refractivity contribution in [3.8, 4) is 0 Å². The second-order valence-corrected chi connectivity index (χ2v) is 8.65. The largest absolute Gasteiger partial charge is 0.456 e. The molecule has 26 heavy (non-hydrogen) atoms. The van der Waals surface area contributed by atoms with Crippen molar-refractivity contribution in [3.05, 3.63) is 24.3 Å². The molecule has 2 atom stereocenters. The third-order valence-electron chi connectivity index (χ3n) is 3.65. The Morgan fingerprint density at radius 1 is 0.731 bits per heavy atom. The Morgan fingerprint density at radius 2 is 1.00 bits per heavy atom. The molecule has 6 heteroatoms. The van der Waals surface area contributed by atoms with E-state index >= 15 is 0 Å². The van der Waals surface area contributed by atoms with Crippen LogP contribution in [-0.4, -0.2) is 37.4 Å². The van der Waals surface area contributed by atoms with Gasteiger partial charge in [-0.3, -0.25) is 0 Å². The molecule has 0 heterocycles. The lowest BCUT2D eigenvalue weighted by molar-refractivity contribution is -0.324. The average Bonchev–Trinajstić information content (AvgIpc) is 2.45. The molecule has 0 fully saturated rings. The minimum Gasteiger partial charge on any atom is -0.456 e. The fraction of sp³-hybridized carbons (Fsp3) is 0.700. The summed E-state index contributed by atoms with van der Waals surface area (Å²) in [6.45, 7) is 22.0. The minimum atomic E-state index is -0.516. The van der Waals surface area contributed by atoms with Gasteiger partial charge in [-0.2, -0.15) is 0 Å². The van der Waals surface area contributed by atoms with Crippen LogP contribution in [0.2, 0.25) is 0 Å². The van der Waals surface area contributed by atoms with E-state index in [0.717, 1.165) is 0 Å². The van der Waals surface area contributed by atoms with Gasteiger partial charge in [-0.15, -0.1) is 0 Å². The molecule has 150 valence electrons. The predicted octanol–water partition coefficient (Wildman–Crippen LogP) is 4.00. The lowest BCUT2D eigenvalue weighted by Crippen LogP contribution is -2.38. The molecule has 0 aliphatic heterocycles. The summed E-state index contributed by atoms with van der Waals surface area (Å²) >= 11 is 0. The van der Waals surface area contributed by atoms with Crippen LogP contribution in [0.5, 0.6) is 0 Å². The predicted molar refractivity (Wildman–Crippen MR) is 100 cm³/mol. The van der Waals surface area contributed by atoms with E-state index in [4.69, 9.17) is 19.2 Å². The van der Waals surface area contributed by atoms with Gasteiger partial charge in [0.25, 0.3) is 0 Å². The zero-order valence-corrected chi connectivity index (χ0v) is 17.4. The molecular weight excluding hydrogens is 336 g/mol. The molecule has 2 unspecified atom stereocenters. The van der Waals surface area contributed by atoms with Crippen molar-refractivity contribution >= 4 is 11.9 Å². The van der Waals surface area contributed by atoms with E-state index in [2.05, 4.69) is 13.2 Å². The Kier molecular flexibility index (Phi) is 9.25. The number of rotatable bonds is 9. The Bertz CT molecular complexity index is 473. The second kappa shape index (κ2) is 9.88. The Hall–Kier alpha value is -1.66. The molecule has 0 radical (unpaired) electrons. The zero-order chi connectivity index (χ0) is 20.7. The molecule has 0 aromatic rings. The molecule has 0 aliphatic rings. The van der Waals surface area contributed by atoms with E-state index in [1.807, 2.05) is 41.5 Å². The van der Waals surface area contributed by atoms with Crippen LogP contribution in [0, 0.1) is 10.8 Å². The minimum absolute atomic E-state index is 0.0494. The van der Waals surface area contributed by atoms with Gasteiger partial charge >= 0.3 is 11.9 Å². The quantitative estimate of drug-likeness (QED) is 0.201. The summed E-state index contributed by atoms with van der Waals surface area (Å²) in [5.74, 6) is -0.951.